The molecular formula is C13H17NO3S. The van der Waals surface area contributed by atoms with Crippen LogP contribution in [0.15, 0.2) is 5.38 Å². The molecule has 3 unspecified atom stereocenters. The maximum Gasteiger partial charge on any atom is 0.305 e. The van der Waals surface area contributed by atoms with Gasteiger partial charge in [0.05, 0.1) is 36.4 Å². The molecule has 1 aromatic rings. The predicted octanol–water partition coefficient (Wildman–Crippen LogP) is 2.28. The molecule has 0 amide bonds. The van der Waals surface area contributed by atoms with Crippen molar-refractivity contribution in [3.63, 3.8) is 0 Å². The van der Waals surface area contributed by atoms with Crippen molar-refractivity contribution >= 4 is 17.3 Å². The first-order valence-electron chi connectivity index (χ1n) is 6.43. The minimum Gasteiger partial charge on any atom is -0.469 e. The average molecular weight is 267 g/mol. The molecule has 0 radical (unpaired) electrons. The number of nitrogens with zero attached hydrogens (tertiary/aromatic N) is 1. The number of rotatable bonds is 4. The number of carbonyl (C=O) groups excluding carboxylic acids is 1. The smallest absolute Gasteiger partial charge is 0.305 e. The van der Waals surface area contributed by atoms with Crippen molar-refractivity contribution in [3.05, 3.63) is 16.1 Å². The lowest BCUT2D eigenvalue weighted by Gasteiger charge is -2.15. The second kappa shape index (κ2) is 4.97. The van der Waals surface area contributed by atoms with Gasteiger partial charge in [-0.3, -0.25) is 4.79 Å². The second-order valence-corrected chi connectivity index (χ2v) is 5.86. The van der Waals surface area contributed by atoms with E-state index in [4.69, 9.17) is 4.74 Å². The molecule has 4 nitrogen and oxygen atoms in total. The Morgan fingerprint density at radius 3 is 3.17 bits per heavy atom. The van der Waals surface area contributed by atoms with Crippen molar-refractivity contribution in [2.45, 2.75) is 50.2 Å². The summed E-state index contributed by atoms with van der Waals surface area (Å²) < 4.78 is 10.5. The summed E-state index contributed by atoms with van der Waals surface area (Å²) in [6, 6.07) is 0. The molecule has 3 heterocycles. The van der Waals surface area contributed by atoms with Crippen molar-refractivity contribution in [2.75, 3.05) is 7.11 Å². The van der Waals surface area contributed by atoms with Crippen LogP contribution in [0.3, 0.4) is 0 Å². The van der Waals surface area contributed by atoms with Crippen LogP contribution < -0.4 is 0 Å². The molecule has 1 aromatic heterocycles. The number of ether oxygens (including phenoxy) is 2. The number of aromatic nitrogens is 1. The van der Waals surface area contributed by atoms with Crippen molar-refractivity contribution in [1.82, 2.24) is 4.98 Å². The van der Waals surface area contributed by atoms with Gasteiger partial charge in [0.15, 0.2) is 0 Å². The monoisotopic (exact) mass is 267 g/mol. The topological polar surface area (TPSA) is 48.4 Å². The molecule has 2 aliphatic heterocycles. The van der Waals surface area contributed by atoms with Crippen LogP contribution in [0, 0.1) is 0 Å². The number of fused-ring (bicyclic) bond motifs is 2. The standard InChI is InChI=1S/C13H17NO3S/c1-16-12(15)5-2-8-7-18-13(14-8)10-6-9-3-4-11(10)17-9/h7,9-11H,2-6H2,1H3. The number of aryl methyl sites for hydroxylation is 1. The van der Waals surface area contributed by atoms with Crippen LogP contribution in [-0.4, -0.2) is 30.3 Å². The number of hydrogen-bond donors (Lipinski definition) is 0. The quantitative estimate of drug-likeness (QED) is 0.785. The number of esters is 1. The zero-order valence-electron chi connectivity index (χ0n) is 10.4. The summed E-state index contributed by atoms with van der Waals surface area (Å²) in [6.07, 6.45) is 5.43. The lowest BCUT2D eigenvalue weighted by molar-refractivity contribution is -0.140. The summed E-state index contributed by atoms with van der Waals surface area (Å²) in [4.78, 5) is 15.7. The Kier molecular flexibility index (Phi) is 3.35. The van der Waals surface area contributed by atoms with Crippen LogP contribution in [0.2, 0.25) is 0 Å². The predicted molar refractivity (Wildman–Crippen MR) is 67.7 cm³/mol. The lowest BCUT2D eigenvalue weighted by atomic mass is 9.90. The highest BCUT2D eigenvalue weighted by atomic mass is 32.1. The van der Waals surface area contributed by atoms with E-state index >= 15 is 0 Å². The van der Waals surface area contributed by atoms with Gasteiger partial charge in [-0.25, -0.2) is 4.98 Å². The summed E-state index contributed by atoms with van der Waals surface area (Å²) in [5, 5.41) is 3.24. The third-order valence-corrected chi connectivity index (χ3v) is 4.83. The van der Waals surface area contributed by atoms with E-state index in [2.05, 4.69) is 15.1 Å². The first-order valence-corrected chi connectivity index (χ1v) is 7.31. The molecule has 18 heavy (non-hydrogen) atoms. The van der Waals surface area contributed by atoms with Gasteiger partial charge in [-0.05, 0) is 19.3 Å². The molecule has 0 spiro atoms. The Bertz CT molecular complexity index is 445. The minimum atomic E-state index is -0.173. The summed E-state index contributed by atoms with van der Waals surface area (Å²) in [5.41, 5.74) is 1.00. The fourth-order valence-corrected chi connectivity index (χ4v) is 3.86. The van der Waals surface area contributed by atoms with Crippen molar-refractivity contribution in [3.8, 4) is 0 Å². The largest absolute Gasteiger partial charge is 0.469 e. The van der Waals surface area contributed by atoms with E-state index in [1.54, 1.807) is 11.3 Å². The van der Waals surface area contributed by atoms with Crippen LogP contribution in [0.5, 0.6) is 0 Å². The van der Waals surface area contributed by atoms with Gasteiger partial charge in [0.25, 0.3) is 0 Å². The maximum absolute atomic E-state index is 11.1. The highest BCUT2D eigenvalue weighted by molar-refractivity contribution is 7.09. The van der Waals surface area contributed by atoms with Gasteiger partial charge in [-0.2, -0.15) is 0 Å². The zero-order chi connectivity index (χ0) is 12.5. The summed E-state index contributed by atoms with van der Waals surface area (Å²) >= 11 is 1.70. The van der Waals surface area contributed by atoms with E-state index in [1.807, 2.05) is 0 Å². The fourth-order valence-electron chi connectivity index (χ4n) is 2.84. The number of thiazole rings is 1. The van der Waals surface area contributed by atoms with Crippen LogP contribution in [0.4, 0.5) is 0 Å². The Balaban J connectivity index is 1.61. The normalized spacial score (nSPS) is 29.7. The first-order chi connectivity index (χ1) is 8.76. The maximum atomic E-state index is 11.1. The van der Waals surface area contributed by atoms with Gasteiger partial charge in [-0.15, -0.1) is 11.3 Å². The highest BCUT2D eigenvalue weighted by Crippen LogP contribution is 2.45. The van der Waals surface area contributed by atoms with Gasteiger partial charge in [-0.1, -0.05) is 0 Å². The SMILES string of the molecule is COC(=O)CCc1csc(C2CC3CCC2O3)n1. The molecule has 2 bridgehead atoms. The molecule has 98 valence electrons. The molecule has 0 aliphatic carbocycles. The summed E-state index contributed by atoms with van der Waals surface area (Å²) in [5.74, 6) is 0.313. The molecule has 0 N–H and O–H groups in total. The first kappa shape index (κ1) is 12.1. The zero-order valence-corrected chi connectivity index (χ0v) is 11.2. The van der Waals surface area contributed by atoms with Gasteiger partial charge in [0.2, 0.25) is 0 Å². The molecule has 2 aliphatic rings. The Hall–Kier alpha value is -0.940. The van der Waals surface area contributed by atoms with Crippen molar-refractivity contribution < 1.29 is 14.3 Å². The molecule has 3 atom stereocenters. The van der Waals surface area contributed by atoms with Crippen LogP contribution in [0.25, 0.3) is 0 Å². The van der Waals surface area contributed by atoms with Crippen LogP contribution >= 0.6 is 11.3 Å². The summed E-state index contributed by atoms with van der Waals surface area (Å²) in [7, 11) is 1.42. The van der Waals surface area contributed by atoms with E-state index in [-0.39, 0.29) is 5.97 Å². The van der Waals surface area contributed by atoms with Gasteiger partial charge >= 0.3 is 5.97 Å². The van der Waals surface area contributed by atoms with E-state index < -0.39 is 0 Å². The fraction of sp³-hybridized carbons (Fsp3) is 0.692. The van der Waals surface area contributed by atoms with Gasteiger partial charge in [0, 0.05) is 17.7 Å². The van der Waals surface area contributed by atoms with E-state index in [0.29, 0.717) is 31.0 Å². The molecule has 2 fully saturated rings. The van der Waals surface area contributed by atoms with E-state index in [0.717, 1.165) is 12.1 Å². The molecule has 5 heteroatoms. The van der Waals surface area contributed by atoms with Gasteiger partial charge < -0.3 is 9.47 Å². The summed E-state index contributed by atoms with van der Waals surface area (Å²) in [6.45, 7) is 0. The van der Waals surface area contributed by atoms with Crippen LogP contribution in [-0.2, 0) is 20.7 Å². The average Bonchev–Trinajstić information content (AvgIpc) is 3.10. The Morgan fingerprint density at radius 1 is 1.61 bits per heavy atom. The number of carbonyl (C=O) groups is 1. The second-order valence-electron chi connectivity index (χ2n) is 4.97. The Morgan fingerprint density at radius 2 is 2.50 bits per heavy atom. The minimum absolute atomic E-state index is 0.173. The van der Waals surface area contributed by atoms with E-state index in [1.165, 1.54) is 25.0 Å². The molecule has 3 rings (SSSR count). The van der Waals surface area contributed by atoms with Crippen LogP contribution in [0.1, 0.15) is 42.3 Å². The van der Waals surface area contributed by atoms with E-state index in [9.17, 15) is 4.79 Å². The van der Waals surface area contributed by atoms with Crippen molar-refractivity contribution in [2.24, 2.45) is 0 Å². The van der Waals surface area contributed by atoms with Crippen molar-refractivity contribution in [1.29, 1.82) is 0 Å². The Labute approximate surface area is 110 Å². The molecule has 0 aromatic carbocycles. The third kappa shape index (κ3) is 2.29. The third-order valence-electron chi connectivity index (χ3n) is 3.81. The molecule has 2 saturated heterocycles. The number of methoxy groups -OCH3 is 1. The highest BCUT2D eigenvalue weighted by Gasteiger charge is 2.42. The van der Waals surface area contributed by atoms with Gasteiger partial charge in [0.1, 0.15) is 0 Å². The molecule has 0 saturated carbocycles. The molecular weight excluding hydrogens is 250 g/mol. The lowest BCUT2D eigenvalue weighted by Crippen LogP contribution is -2.14. The number of hydrogen-bond acceptors (Lipinski definition) is 5.